The maximum absolute atomic E-state index is 12.3. The maximum Gasteiger partial charge on any atom is 0.245 e. The summed E-state index contributed by atoms with van der Waals surface area (Å²) in [6.07, 6.45) is 1.63. The molecule has 2 saturated heterocycles. The van der Waals surface area contributed by atoms with Gasteiger partial charge in [0, 0.05) is 43.4 Å². The van der Waals surface area contributed by atoms with Crippen LogP contribution < -0.4 is 10.2 Å². The van der Waals surface area contributed by atoms with Crippen LogP contribution in [0.25, 0.3) is 11.3 Å². The number of amides is 1. The van der Waals surface area contributed by atoms with Crippen molar-refractivity contribution in [1.29, 1.82) is 0 Å². The van der Waals surface area contributed by atoms with Crippen molar-refractivity contribution in [3.05, 3.63) is 35.5 Å². The summed E-state index contributed by atoms with van der Waals surface area (Å²) in [7, 11) is 0. The van der Waals surface area contributed by atoms with Crippen molar-refractivity contribution in [3.63, 3.8) is 0 Å². The Morgan fingerprint density at radius 2 is 2.00 bits per heavy atom. The number of ether oxygens (including phenoxy) is 1. The number of hydrogen-bond acceptors (Lipinski definition) is 8. The van der Waals surface area contributed by atoms with Crippen molar-refractivity contribution in [3.8, 4) is 11.3 Å². The van der Waals surface area contributed by atoms with Gasteiger partial charge in [-0.25, -0.2) is 4.98 Å². The molecule has 2 N–H and O–H groups in total. The molecule has 0 unspecified atom stereocenters. The fourth-order valence-electron chi connectivity index (χ4n) is 3.64. The molecule has 3 heterocycles. The zero-order valence-electron chi connectivity index (χ0n) is 16.6. The van der Waals surface area contributed by atoms with Gasteiger partial charge in [0.2, 0.25) is 11.9 Å². The molecule has 4 rings (SSSR count). The minimum atomic E-state index is -0.642. The van der Waals surface area contributed by atoms with Gasteiger partial charge in [-0.3, -0.25) is 9.69 Å². The zero-order chi connectivity index (χ0) is 20.9. The van der Waals surface area contributed by atoms with E-state index in [2.05, 4.69) is 30.3 Å². The normalized spacial score (nSPS) is 22.7. The Morgan fingerprint density at radius 1 is 1.23 bits per heavy atom. The molecule has 2 aliphatic heterocycles. The summed E-state index contributed by atoms with van der Waals surface area (Å²) in [5.41, 5.74) is 1.68. The van der Waals surface area contributed by atoms with Gasteiger partial charge in [-0.15, -0.1) is 5.10 Å². The highest BCUT2D eigenvalue weighted by Gasteiger charge is 2.27. The first-order valence-electron chi connectivity index (χ1n) is 10.1. The minimum Gasteiger partial charge on any atom is -0.389 e. The number of piperazine rings is 1. The topological polar surface area (TPSA) is 104 Å². The first-order chi connectivity index (χ1) is 14.6. The Balaban J connectivity index is 1.29. The summed E-state index contributed by atoms with van der Waals surface area (Å²) in [5, 5.41) is 21.8. The lowest BCUT2D eigenvalue weighted by molar-refractivity contribution is -0.125. The van der Waals surface area contributed by atoms with Crippen molar-refractivity contribution in [2.45, 2.75) is 18.6 Å². The maximum atomic E-state index is 12.3. The Labute approximate surface area is 180 Å². The SMILES string of the molecule is O=C(CN1CCN(c2nncc(-c3ccc(Cl)cc3)n2)CC1)N[C@H]1CCOC[C@@H]1O. The minimum absolute atomic E-state index is 0.0722. The third-order valence-electron chi connectivity index (χ3n) is 5.38. The standard InChI is InChI=1S/C20H25ClN6O3/c21-15-3-1-14(2-4-15)17-11-22-25-20(24-17)27-8-6-26(7-9-27)12-19(29)23-16-5-10-30-13-18(16)28/h1-4,11,16,18,28H,5-10,12-13H2,(H,23,29)/t16-,18-/m0/s1. The molecule has 1 aromatic heterocycles. The summed E-state index contributed by atoms with van der Waals surface area (Å²) < 4.78 is 5.20. The number of aliphatic hydroxyl groups excluding tert-OH is 1. The van der Waals surface area contributed by atoms with E-state index < -0.39 is 6.10 Å². The van der Waals surface area contributed by atoms with Gasteiger partial charge in [0.1, 0.15) is 0 Å². The average molecular weight is 433 g/mol. The van der Waals surface area contributed by atoms with Crippen molar-refractivity contribution in [1.82, 2.24) is 25.4 Å². The van der Waals surface area contributed by atoms with Crippen LogP contribution in [0.2, 0.25) is 5.02 Å². The third-order valence-corrected chi connectivity index (χ3v) is 5.63. The predicted octanol–water partition coefficient (Wildman–Crippen LogP) is 0.580. The number of hydrogen-bond donors (Lipinski definition) is 2. The second-order valence-electron chi connectivity index (χ2n) is 7.52. The van der Waals surface area contributed by atoms with Crippen molar-refractivity contribution in [2.75, 3.05) is 50.8 Å². The highest BCUT2D eigenvalue weighted by atomic mass is 35.5. The van der Waals surface area contributed by atoms with Gasteiger partial charge in [0.05, 0.1) is 37.2 Å². The molecule has 1 amide bonds. The monoisotopic (exact) mass is 432 g/mol. The number of halogens is 1. The lowest BCUT2D eigenvalue weighted by Crippen LogP contribution is -2.54. The Hall–Kier alpha value is -2.33. The lowest BCUT2D eigenvalue weighted by atomic mass is 10.1. The van der Waals surface area contributed by atoms with Crippen molar-refractivity contribution in [2.24, 2.45) is 0 Å². The molecule has 2 aromatic rings. The van der Waals surface area contributed by atoms with E-state index >= 15 is 0 Å². The third kappa shape index (κ3) is 5.23. The largest absolute Gasteiger partial charge is 0.389 e. The van der Waals surface area contributed by atoms with E-state index in [1.54, 1.807) is 6.20 Å². The van der Waals surface area contributed by atoms with Crippen LogP contribution in [-0.4, -0.2) is 89.2 Å². The Morgan fingerprint density at radius 3 is 2.73 bits per heavy atom. The van der Waals surface area contributed by atoms with Crippen molar-refractivity contribution < 1.29 is 14.6 Å². The summed E-state index contributed by atoms with van der Waals surface area (Å²) >= 11 is 5.96. The quantitative estimate of drug-likeness (QED) is 0.707. The molecule has 0 spiro atoms. The number of carbonyl (C=O) groups is 1. The molecular formula is C20H25ClN6O3. The van der Waals surface area contributed by atoms with Crippen LogP contribution in [0.3, 0.4) is 0 Å². The average Bonchev–Trinajstić information content (AvgIpc) is 2.76. The molecule has 160 valence electrons. The molecule has 0 radical (unpaired) electrons. The van der Waals surface area contributed by atoms with Crippen LogP contribution in [0.4, 0.5) is 5.95 Å². The van der Waals surface area contributed by atoms with Gasteiger partial charge < -0.3 is 20.1 Å². The highest BCUT2D eigenvalue weighted by molar-refractivity contribution is 6.30. The van der Waals surface area contributed by atoms with Crippen LogP contribution in [0.15, 0.2) is 30.5 Å². The van der Waals surface area contributed by atoms with Gasteiger partial charge in [0.15, 0.2) is 0 Å². The van der Waals surface area contributed by atoms with E-state index in [1.165, 1.54) is 0 Å². The van der Waals surface area contributed by atoms with Gasteiger partial charge in [-0.1, -0.05) is 23.7 Å². The van der Waals surface area contributed by atoms with Crippen LogP contribution >= 0.6 is 11.6 Å². The number of aromatic nitrogens is 3. The number of nitrogens with zero attached hydrogens (tertiary/aromatic N) is 5. The molecule has 2 aliphatic rings. The summed E-state index contributed by atoms with van der Waals surface area (Å²) in [6.45, 7) is 3.99. The van der Waals surface area contributed by atoms with E-state index in [1.807, 2.05) is 24.3 Å². The second kappa shape index (κ2) is 9.65. The van der Waals surface area contributed by atoms with Gasteiger partial charge in [-0.05, 0) is 18.6 Å². The van der Waals surface area contributed by atoms with Gasteiger partial charge >= 0.3 is 0 Å². The molecule has 2 atom stereocenters. The molecule has 1 aromatic carbocycles. The number of rotatable bonds is 5. The number of nitrogens with one attached hydrogen (secondary N) is 1. The van der Waals surface area contributed by atoms with Crippen LogP contribution in [0.1, 0.15) is 6.42 Å². The van der Waals surface area contributed by atoms with E-state index in [-0.39, 0.29) is 18.6 Å². The number of anilines is 1. The van der Waals surface area contributed by atoms with Gasteiger partial charge in [0.25, 0.3) is 0 Å². The molecule has 0 aliphatic carbocycles. The van der Waals surface area contributed by atoms with Crippen molar-refractivity contribution >= 4 is 23.5 Å². The molecule has 0 bridgehead atoms. The molecule has 10 heteroatoms. The van der Waals surface area contributed by atoms with E-state index in [4.69, 9.17) is 16.3 Å². The van der Waals surface area contributed by atoms with E-state index in [0.717, 1.165) is 24.3 Å². The van der Waals surface area contributed by atoms with Crippen LogP contribution in [0.5, 0.6) is 0 Å². The fourth-order valence-corrected chi connectivity index (χ4v) is 3.77. The Kier molecular flexibility index (Phi) is 6.73. The first kappa shape index (κ1) is 20.9. The number of benzene rings is 1. The first-order valence-corrected chi connectivity index (χ1v) is 10.4. The molecular weight excluding hydrogens is 408 g/mol. The van der Waals surface area contributed by atoms with Gasteiger partial charge in [-0.2, -0.15) is 5.10 Å². The lowest BCUT2D eigenvalue weighted by Gasteiger charge is -2.35. The molecule has 2 fully saturated rings. The summed E-state index contributed by atoms with van der Waals surface area (Å²) in [6, 6.07) is 7.22. The van der Waals surface area contributed by atoms with E-state index in [0.29, 0.717) is 43.6 Å². The number of carbonyl (C=O) groups excluding carboxylic acids is 1. The summed E-state index contributed by atoms with van der Waals surface area (Å²) in [5.74, 6) is 0.508. The predicted molar refractivity (Wildman–Crippen MR) is 112 cm³/mol. The second-order valence-corrected chi connectivity index (χ2v) is 7.95. The van der Waals surface area contributed by atoms with Crippen LogP contribution in [-0.2, 0) is 9.53 Å². The zero-order valence-corrected chi connectivity index (χ0v) is 17.3. The fraction of sp³-hybridized carbons (Fsp3) is 0.500. The molecule has 0 saturated carbocycles. The van der Waals surface area contributed by atoms with Crippen LogP contribution in [0, 0.1) is 0 Å². The highest BCUT2D eigenvalue weighted by Crippen LogP contribution is 2.21. The molecule has 9 nitrogen and oxygen atoms in total. The molecule has 30 heavy (non-hydrogen) atoms. The van der Waals surface area contributed by atoms with E-state index in [9.17, 15) is 9.90 Å². The smallest absolute Gasteiger partial charge is 0.245 e. The Bertz CT molecular complexity index is 860. The number of aliphatic hydroxyl groups is 1. The summed E-state index contributed by atoms with van der Waals surface area (Å²) in [4.78, 5) is 21.1.